The van der Waals surface area contributed by atoms with Gasteiger partial charge in [0.25, 0.3) is 11.8 Å². The molecule has 4 rings (SSSR count). The Morgan fingerprint density at radius 2 is 1.46 bits per heavy atom. The number of aromatic amines is 1. The van der Waals surface area contributed by atoms with E-state index in [1.54, 1.807) is 40.1 Å². The lowest BCUT2D eigenvalue weighted by Gasteiger charge is -2.34. The molecule has 0 unspecified atom stereocenters. The van der Waals surface area contributed by atoms with Crippen molar-refractivity contribution in [3.05, 3.63) is 70.2 Å². The number of nitrogens with one attached hydrogen (secondary N) is 1. The van der Waals surface area contributed by atoms with E-state index in [4.69, 9.17) is 4.42 Å². The lowest BCUT2D eigenvalue weighted by molar-refractivity contribution is 0.0535. The first-order valence-corrected chi connectivity index (χ1v) is 8.38. The number of fused-ring (bicyclic) bond motifs is 1. The number of hydrogen-bond acceptors (Lipinski definition) is 4. The Morgan fingerprint density at radius 1 is 0.846 bits per heavy atom. The topological polar surface area (TPSA) is 86.6 Å². The molecule has 7 nitrogen and oxygen atoms in total. The molecule has 0 saturated carbocycles. The maximum absolute atomic E-state index is 12.7. The fourth-order valence-corrected chi connectivity index (χ4v) is 3.14. The molecule has 132 valence electrons. The number of piperazine rings is 1. The van der Waals surface area contributed by atoms with Gasteiger partial charge in [-0.1, -0.05) is 18.2 Å². The van der Waals surface area contributed by atoms with Crippen LogP contribution < -0.4 is 5.76 Å². The average molecular weight is 351 g/mol. The maximum Gasteiger partial charge on any atom is 0.417 e. The van der Waals surface area contributed by atoms with Gasteiger partial charge in [-0.15, -0.1) is 0 Å². The van der Waals surface area contributed by atoms with Crippen molar-refractivity contribution >= 4 is 22.9 Å². The van der Waals surface area contributed by atoms with Crippen molar-refractivity contribution in [1.29, 1.82) is 0 Å². The molecule has 26 heavy (non-hydrogen) atoms. The second-order valence-electron chi connectivity index (χ2n) is 6.18. The molecule has 1 aliphatic rings. The van der Waals surface area contributed by atoms with Gasteiger partial charge in [0.2, 0.25) is 0 Å². The van der Waals surface area contributed by atoms with Gasteiger partial charge in [-0.25, -0.2) is 4.79 Å². The maximum atomic E-state index is 12.7. The highest BCUT2D eigenvalue weighted by atomic mass is 16.4. The highest BCUT2D eigenvalue weighted by Crippen LogP contribution is 2.16. The number of rotatable bonds is 2. The molecule has 2 heterocycles. The van der Waals surface area contributed by atoms with Crippen LogP contribution in [0.3, 0.4) is 0 Å². The summed E-state index contributed by atoms with van der Waals surface area (Å²) in [6.07, 6.45) is 0. The zero-order chi connectivity index (χ0) is 18.1. The number of nitrogens with zero attached hydrogens (tertiary/aromatic N) is 2. The third kappa shape index (κ3) is 2.99. The van der Waals surface area contributed by atoms with Crippen molar-refractivity contribution in [2.24, 2.45) is 0 Å². The molecule has 0 radical (unpaired) electrons. The summed E-state index contributed by atoms with van der Waals surface area (Å²) in [6, 6.07) is 14.0. The molecule has 1 saturated heterocycles. The molecule has 1 aromatic heterocycles. The number of H-pyrrole nitrogens is 1. The predicted molar refractivity (Wildman–Crippen MR) is 95.1 cm³/mol. The summed E-state index contributed by atoms with van der Waals surface area (Å²) in [5.74, 6) is -0.701. The number of carbonyl (C=O) groups excluding carboxylic acids is 2. The fourth-order valence-electron chi connectivity index (χ4n) is 3.14. The summed E-state index contributed by atoms with van der Waals surface area (Å²) in [5.41, 5.74) is 2.03. The van der Waals surface area contributed by atoms with Crippen LogP contribution in [-0.2, 0) is 0 Å². The van der Waals surface area contributed by atoms with Crippen LogP contribution >= 0.6 is 0 Å². The van der Waals surface area contributed by atoms with Crippen molar-refractivity contribution in [1.82, 2.24) is 14.8 Å². The van der Waals surface area contributed by atoms with Gasteiger partial charge >= 0.3 is 5.76 Å². The van der Waals surface area contributed by atoms with E-state index in [1.807, 2.05) is 18.2 Å². The number of hydrogen-bond donors (Lipinski definition) is 1. The molecule has 0 atom stereocenters. The lowest BCUT2D eigenvalue weighted by Crippen LogP contribution is -2.50. The number of aromatic nitrogens is 1. The zero-order valence-electron chi connectivity index (χ0n) is 14.0. The van der Waals surface area contributed by atoms with Gasteiger partial charge in [0.1, 0.15) is 0 Å². The van der Waals surface area contributed by atoms with Crippen molar-refractivity contribution in [3.8, 4) is 0 Å². The van der Waals surface area contributed by atoms with Crippen LogP contribution in [0.1, 0.15) is 20.7 Å². The van der Waals surface area contributed by atoms with Crippen molar-refractivity contribution in [3.63, 3.8) is 0 Å². The van der Waals surface area contributed by atoms with Gasteiger partial charge in [-0.2, -0.15) is 0 Å². The van der Waals surface area contributed by atoms with Gasteiger partial charge in [-0.3, -0.25) is 14.6 Å². The van der Waals surface area contributed by atoms with Crippen LogP contribution in [0.2, 0.25) is 0 Å². The Kier molecular flexibility index (Phi) is 4.04. The van der Waals surface area contributed by atoms with Crippen LogP contribution in [0.5, 0.6) is 0 Å². The Labute approximate surface area is 148 Å². The van der Waals surface area contributed by atoms with E-state index in [0.29, 0.717) is 48.4 Å². The minimum Gasteiger partial charge on any atom is -0.408 e. The first kappa shape index (κ1) is 16.1. The van der Waals surface area contributed by atoms with E-state index < -0.39 is 5.76 Å². The Bertz CT molecular complexity index is 1010. The molecule has 2 aromatic carbocycles. The van der Waals surface area contributed by atoms with Crippen LogP contribution in [0.4, 0.5) is 0 Å². The van der Waals surface area contributed by atoms with Gasteiger partial charge in [0, 0.05) is 37.3 Å². The summed E-state index contributed by atoms with van der Waals surface area (Å²) in [6.45, 7) is 1.90. The second-order valence-corrected chi connectivity index (χ2v) is 6.18. The largest absolute Gasteiger partial charge is 0.417 e. The zero-order valence-corrected chi connectivity index (χ0v) is 14.0. The molecule has 0 bridgehead atoms. The lowest BCUT2D eigenvalue weighted by atomic mass is 10.1. The molecule has 1 fully saturated rings. The number of carbonyl (C=O) groups is 2. The fraction of sp³-hybridized carbons (Fsp3) is 0.211. The van der Waals surface area contributed by atoms with Gasteiger partial charge in [0.15, 0.2) is 5.58 Å². The Morgan fingerprint density at radius 3 is 2.12 bits per heavy atom. The third-order valence-electron chi connectivity index (χ3n) is 4.54. The Balaban J connectivity index is 1.44. The monoisotopic (exact) mass is 351 g/mol. The number of benzene rings is 2. The van der Waals surface area contributed by atoms with E-state index in [2.05, 4.69) is 4.98 Å². The van der Waals surface area contributed by atoms with Gasteiger partial charge < -0.3 is 14.2 Å². The molecule has 2 amide bonds. The molecular formula is C19H17N3O4. The summed E-state index contributed by atoms with van der Waals surface area (Å²) in [4.78, 5) is 42.4. The summed E-state index contributed by atoms with van der Waals surface area (Å²) in [7, 11) is 0. The molecule has 1 N–H and O–H groups in total. The van der Waals surface area contributed by atoms with E-state index >= 15 is 0 Å². The van der Waals surface area contributed by atoms with Crippen molar-refractivity contribution < 1.29 is 14.0 Å². The first-order chi connectivity index (χ1) is 12.6. The molecule has 1 aliphatic heterocycles. The molecule has 0 aliphatic carbocycles. The molecule has 7 heteroatoms. The highest BCUT2D eigenvalue weighted by molar-refractivity contribution is 5.97. The second kappa shape index (κ2) is 6.51. The van der Waals surface area contributed by atoms with E-state index in [1.165, 1.54) is 0 Å². The normalized spacial score (nSPS) is 14.6. The standard InChI is InChI=1S/C19H17N3O4/c23-17(13-4-2-1-3-5-13)21-8-10-22(11-9-21)18(24)14-6-7-15-16(12-14)26-19(25)20-15/h1-7,12H,8-11H2,(H,20,25). The first-order valence-electron chi connectivity index (χ1n) is 8.38. The minimum absolute atomic E-state index is 0.0202. The number of oxazole rings is 1. The summed E-state index contributed by atoms with van der Waals surface area (Å²) in [5, 5.41) is 0. The Hall–Kier alpha value is -3.35. The summed E-state index contributed by atoms with van der Waals surface area (Å²) >= 11 is 0. The van der Waals surface area contributed by atoms with Crippen molar-refractivity contribution in [2.45, 2.75) is 0 Å². The van der Waals surface area contributed by atoms with Gasteiger partial charge in [-0.05, 0) is 30.3 Å². The smallest absolute Gasteiger partial charge is 0.408 e. The van der Waals surface area contributed by atoms with Crippen LogP contribution in [0, 0.1) is 0 Å². The van der Waals surface area contributed by atoms with Crippen LogP contribution in [0.15, 0.2) is 57.7 Å². The number of amides is 2. The third-order valence-corrected chi connectivity index (χ3v) is 4.54. The van der Waals surface area contributed by atoms with E-state index in [0.717, 1.165) is 0 Å². The van der Waals surface area contributed by atoms with Gasteiger partial charge in [0.05, 0.1) is 5.52 Å². The summed E-state index contributed by atoms with van der Waals surface area (Å²) < 4.78 is 5.01. The van der Waals surface area contributed by atoms with Crippen LogP contribution in [0.25, 0.3) is 11.1 Å². The average Bonchev–Trinajstić information content (AvgIpc) is 3.07. The minimum atomic E-state index is -0.544. The molecular weight excluding hydrogens is 334 g/mol. The van der Waals surface area contributed by atoms with Crippen molar-refractivity contribution in [2.75, 3.05) is 26.2 Å². The molecule has 0 spiro atoms. The van der Waals surface area contributed by atoms with Crippen LogP contribution in [-0.4, -0.2) is 52.8 Å². The quantitative estimate of drug-likeness (QED) is 0.762. The highest BCUT2D eigenvalue weighted by Gasteiger charge is 2.25. The molecule has 3 aromatic rings. The van der Waals surface area contributed by atoms with E-state index in [9.17, 15) is 14.4 Å². The SMILES string of the molecule is O=C(c1ccccc1)N1CCN(C(=O)c2ccc3[nH]c(=O)oc3c2)CC1. The predicted octanol–water partition coefficient (Wildman–Crippen LogP) is 1.72. The van der Waals surface area contributed by atoms with E-state index in [-0.39, 0.29) is 11.8 Å².